The van der Waals surface area contributed by atoms with E-state index in [0.29, 0.717) is 11.1 Å². The highest BCUT2D eigenvalue weighted by molar-refractivity contribution is 6.08. The summed E-state index contributed by atoms with van der Waals surface area (Å²) >= 11 is 0. The zero-order chi connectivity index (χ0) is 25.5. The molecule has 0 spiro atoms. The van der Waals surface area contributed by atoms with E-state index in [2.05, 4.69) is 10.6 Å². The first-order valence-corrected chi connectivity index (χ1v) is 10.0. The third kappa shape index (κ3) is 6.62. The third-order valence-corrected chi connectivity index (χ3v) is 4.64. The van der Waals surface area contributed by atoms with E-state index in [4.69, 9.17) is 0 Å². The molecule has 0 aliphatic heterocycles. The molecule has 0 aliphatic rings. The Labute approximate surface area is 198 Å². The van der Waals surface area contributed by atoms with Gasteiger partial charge in [0.15, 0.2) is 23.0 Å². The fraction of sp³-hybridized carbons (Fsp3) is 0. The third-order valence-electron chi connectivity index (χ3n) is 4.64. The summed E-state index contributed by atoms with van der Waals surface area (Å²) in [5, 5.41) is 52.1. The van der Waals surface area contributed by atoms with Gasteiger partial charge < -0.3 is 36.2 Å². The highest BCUT2D eigenvalue weighted by Crippen LogP contribution is 2.27. The number of benzene rings is 3. The number of carboxylic acids is 1. The largest absolute Gasteiger partial charge is 0.504 e. The zero-order valence-electron chi connectivity index (χ0n) is 18.0. The number of hydrogen-bond donors (Lipinski definition) is 7. The lowest BCUT2D eigenvalue weighted by Gasteiger charge is -2.11. The maximum Gasteiger partial charge on any atom is 0.335 e. The Morgan fingerprint density at radius 1 is 0.600 bits per heavy atom. The molecule has 178 valence electrons. The maximum absolute atomic E-state index is 12.4. The Morgan fingerprint density at radius 3 is 1.54 bits per heavy atom. The summed E-state index contributed by atoms with van der Waals surface area (Å²) in [6.45, 7) is 0. The van der Waals surface area contributed by atoms with Crippen LogP contribution in [0.4, 0.5) is 11.4 Å². The average Bonchev–Trinajstić information content (AvgIpc) is 2.81. The van der Waals surface area contributed by atoms with Gasteiger partial charge >= 0.3 is 5.97 Å². The molecule has 35 heavy (non-hydrogen) atoms. The summed E-state index contributed by atoms with van der Waals surface area (Å²) in [5.41, 5.74) is 0.893. The molecule has 0 unspecified atom stereocenters. The van der Waals surface area contributed by atoms with Crippen molar-refractivity contribution in [3.05, 3.63) is 83.4 Å². The van der Waals surface area contributed by atoms with Crippen molar-refractivity contribution in [1.82, 2.24) is 0 Å². The zero-order valence-corrected chi connectivity index (χ0v) is 18.0. The van der Waals surface area contributed by atoms with E-state index in [1.54, 1.807) is 0 Å². The van der Waals surface area contributed by atoms with E-state index in [0.717, 1.165) is 12.2 Å². The van der Waals surface area contributed by atoms with Gasteiger partial charge in [0.05, 0.1) is 16.9 Å². The predicted molar refractivity (Wildman–Crippen MR) is 128 cm³/mol. The lowest BCUT2D eigenvalue weighted by molar-refractivity contribution is -0.112. The second-order valence-electron chi connectivity index (χ2n) is 7.21. The first kappa shape index (κ1) is 24.4. The molecule has 0 radical (unpaired) electrons. The molecule has 3 aromatic rings. The second-order valence-corrected chi connectivity index (χ2v) is 7.21. The second kappa shape index (κ2) is 10.6. The van der Waals surface area contributed by atoms with Crippen molar-refractivity contribution < 1.29 is 39.9 Å². The van der Waals surface area contributed by atoms with Crippen LogP contribution in [0.2, 0.25) is 0 Å². The Bertz CT molecular complexity index is 1360. The SMILES string of the molecule is O=C(/C=C/c1ccc(O)c(O)c1)Nc1ccc(C(=O)O)cc1NC(=O)/C=C/c1ccc(O)c(O)c1. The van der Waals surface area contributed by atoms with Crippen molar-refractivity contribution in [2.75, 3.05) is 10.6 Å². The van der Waals surface area contributed by atoms with E-state index in [1.807, 2.05) is 0 Å². The number of aromatic hydroxyl groups is 4. The summed E-state index contributed by atoms with van der Waals surface area (Å²) in [6, 6.07) is 11.7. The predicted octanol–water partition coefficient (Wildman–Crippen LogP) is 3.51. The van der Waals surface area contributed by atoms with Crippen LogP contribution in [0.15, 0.2) is 66.7 Å². The minimum absolute atomic E-state index is 0.0251. The van der Waals surface area contributed by atoms with Crippen molar-refractivity contribution in [3.8, 4) is 23.0 Å². The average molecular weight is 476 g/mol. The van der Waals surface area contributed by atoms with Crippen LogP contribution >= 0.6 is 0 Å². The van der Waals surface area contributed by atoms with Gasteiger partial charge in [-0.25, -0.2) is 4.79 Å². The molecule has 3 rings (SSSR count). The van der Waals surface area contributed by atoms with E-state index in [9.17, 15) is 39.9 Å². The Hall–Kier alpha value is -5.25. The highest BCUT2D eigenvalue weighted by Gasteiger charge is 2.12. The van der Waals surface area contributed by atoms with Crippen molar-refractivity contribution in [3.63, 3.8) is 0 Å². The molecule has 0 atom stereocenters. The van der Waals surface area contributed by atoms with Crippen LogP contribution in [-0.2, 0) is 9.59 Å². The fourth-order valence-corrected chi connectivity index (χ4v) is 2.87. The van der Waals surface area contributed by atoms with Crippen molar-refractivity contribution in [1.29, 1.82) is 0 Å². The van der Waals surface area contributed by atoms with Crippen LogP contribution in [0.5, 0.6) is 23.0 Å². The quantitative estimate of drug-likeness (QED) is 0.200. The number of carboxylic acid groups (broad SMARTS) is 1. The van der Waals surface area contributed by atoms with Gasteiger partial charge in [0.1, 0.15) is 0 Å². The van der Waals surface area contributed by atoms with Gasteiger partial charge in [-0.3, -0.25) is 9.59 Å². The maximum atomic E-state index is 12.4. The van der Waals surface area contributed by atoms with Crippen LogP contribution in [-0.4, -0.2) is 43.3 Å². The number of phenols is 4. The minimum Gasteiger partial charge on any atom is -0.504 e. The number of carbonyl (C=O) groups is 3. The molecule has 0 saturated carbocycles. The van der Waals surface area contributed by atoms with Gasteiger partial charge in [0.2, 0.25) is 11.8 Å². The molecular formula is C25H20N2O8. The number of nitrogens with one attached hydrogen (secondary N) is 2. The molecule has 7 N–H and O–H groups in total. The first-order chi connectivity index (χ1) is 16.6. The molecule has 0 saturated heterocycles. The Balaban J connectivity index is 1.77. The summed E-state index contributed by atoms with van der Waals surface area (Å²) in [7, 11) is 0. The molecular weight excluding hydrogens is 456 g/mol. The van der Waals surface area contributed by atoms with Gasteiger partial charge in [-0.1, -0.05) is 12.1 Å². The summed E-state index contributed by atoms with van der Waals surface area (Å²) in [6.07, 6.45) is 5.03. The molecule has 0 aromatic heterocycles. The van der Waals surface area contributed by atoms with Crippen molar-refractivity contribution in [2.24, 2.45) is 0 Å². The molecule has 0 fully saturated rings. The summed E-state index contributed by atoms with van der Waals surface area (Å²) in [5.74, 6) is -3.81. The van der Waals surface area contributed by atoms with E-state index in [-0.39, 0.29) is 39.9 Å². The van der Waals surface area contributed by atoms with Crippen molar-refractivity contribution >= 4 is 41.3 Å². The number of anilines is 2. The Kier molecular flexibility index (Phi) is 7.37. The normalized spacial score (nSPS) is 11.0. The minimum atomic E-state index is -1.24. The standard InChI is InChI=1S/C25H20N2O8/c28-19-7-1-14(11-21(19)30)3-9-23(32)26-17-6-5-16(25(34)35)13-18(17)27-24(33)10-4-15-2-8-20(29)22(31)12-15/h1-13,28-31H,(H,26,32)(H,27,33)(H,34,35)/b9-3+,10-4+. The smallest absolute Gasteiger partial charge is 0.335 e. The number of phenolic OH excluding ortho intramolecular Hbond substituents is 4. The molecule has 10 nitrogen and oxygen atoms in total. The number of amides is 2. The molecule has 3 aromatic carbocycles. The van der Waals surface area contributed by atoms with E-state index in [1.165, 1.54) is 66.7 Å². The van der Waals surface area contributed by atoms with E-state index >= 15 is 0 Å². The van der Waals surface area contributed by atoms with Gasteiger partial charge in [-0.15, -0.1) is 0 Å². The van der Waals surface area contributed by atoms with Crippen LogP contribution in [0, 0.1) is 0 Å². The van der Waals surface area contributed by atoms with Crippen molar-refractivity contribution in [2.45, 2.75) is 0 Å². The van der Waals surface area contributed by atoms with Crippen LogP contribution in [0.25, 0.3) is 12.2 Å². The van der Waals surface area contributed by atoms with Gasteiger partial charge in [-0.2, -0.15) is 0 Å². The molecule has 2 amide bonds. The molecule has 0 aliphatic carbocycles. The summed E-state index contributed by atoms with van der Waals surface area (Å²) in [4.78, 5) is 36.1. The van der Waals surface area contributed by atoms with E-state index < -0.39 is 17.8 Å². The monoisotopic (exact) mass is 476 g/mol. The first-order valence-electron chi connectivity index (χ1n) is 10.0. The Morgan fingerprint density at radius 2 is 1.09 bits per heavy atom. The number of rotatable bonds is 7. The lowest BCUT2D eigenvalue weighted by Crippen LogP contribution is -2.14. The fourth-order valence-electron chi connectivity index (χ4n) is 2.87. The number of aromatic carboxylic acids is 1. The number of hydrogen-bond acceptors (Lipinski definition) is 7. The van der Waals surface area contributed by atoms with Gasteiger partial charge in [0, 0.05) is 12.2 Å². The molecule has 0 bridgehead atoms. The van der Waals surface area contributed by atoms with Gasteiger partial charge in [0.25, 0.3) is 0 Å². The highest BCUT2D eigenvalue weighted by atomic mass is 16.4. The van der Waals surface area contributed by atoms with Gasteiger partial charge in [-0.05, 0) is 65.7 Å². The molecule has 10 heteroatoms. The summed E-state index contributed by atoms with van der Waals surface area (Å²) < 4.78 is 0. The van der Waals surface area contributed by atoms with Crippen LogP contribution in [0.1, 0.15) is 21.5 Å². The topological polar surface area (TPSA) is 176 Å². The molecule has 0 heterocycles. The van der Waals surface area contributed by atoms with Crippen LogP contribution in [0.3, 0.4) is 0 Å². The van der Waals surface area contributed by atoms with Crippen LogP contribution < -0.4 is 10.6 Å². The lowest BCUT2D eigenvalue weighted by atomic mass is 10.1. The number of carbonyl (C=O) groups excluding carboxylic acids is 2.